The first-order chi connectivity index (χ1) is 8.13. The molecule has 5 nitrogen and oxygen atoms in total. The van der Waals surface area contributed by atoms with Crippen molar-refractivity contribution in [3.05, 3.63) is 18.4 Å². The van der Waals surface area contributed by atoms with Gasteiger partial charge >= 0.3 is 0 Å². The van der Waals surface area contributed by atoms with Gasteiger partial charge in [-0.1, -0.05) is 12.8 Å². The van der Waals surface area contributed by atoms with Crippen molar-refractivity contribution in [2.45, 2.75) is 36.8 Å². The second-order valence-electron chi connectivity index (χ2n) is 4.44. The summed E-state index contributed by atoms with van der Waals surface area (Å²) in [6.45, 7) is 0.519. The highest BCUT2D eigenvalue weighted by Gasteiger charge is 2.29. The first-order valence-electron chi connectivity index (χ1n) is 5.89. The van der Waals surface area contributed by atoms with E-state index in [0.717, 1.165) is 25.7 Å². The Balaban J connectivity index is 0.00000162. The first kappa shape index (κ1) is 15.5. The van der Waals surface area contributed by atoms with Crippen LogP contribution in [0.5, 0.6) is 0 Å². The molecule has 0 amide bonds. The molecule has 3 N–H and O–H groups in total. The minimum absolute atomic E-state index is 0. The third-order valence-electron chi connectivity index (χ3n) is 3.28. The van der Waals surface area contributed by atoms with Crippen LogP contribution in [-0.2, 0) is 10.0 Å². The average Bonchev–Trinajstić information content (AvgIpc) is 2.83. The van der Waals surface area contributed by atoms with Gasteiger partial charge in [0.15, 0.2) is 0 Å². The summed E-state index contributed by atoms with van der Waals surface area (Å²) in [5, 5.41) is -0.0288. The quantitative estimate of drug-likeness (QED) is 0.881. The number of nitrogens with two attached hydrogens (primary N) is 1. The van der Waals surface area contributed by atoms with Gasteiger partial charge in [0, 0.05) is 6.04 Å². The lowest BCUT2D eigenvalue weighted by atomic mass is 9.85. The standard InChI is InChI=1S/C11H18N2O3S.ClH/c12-8-9-4-1-2-5-10(9)13-17(14,15)11-6-3-7-16-11;/h3,6-7,9-10,13H,1-2,4-5,8,12H2;1H. The fraction of sp³-hybridized carbons (Fsp3) is 0.636. The maximum atomic E-state index is 12.0. The zero-order valence-corrected chi connectivity index (χ0v) is 11.7. The molecule has 1 fully saturated rings. The maximum absolute atomic E-state index is 12.0. The monoisotopic (exact) mass is 294 g/mol. The molecular formula is C11H19ClN2O3S. The fourth-order valence-electron chi connectivity index (χ4n) is 2.32. The van der Waals surface area contributed by atoms with Crippen LogP contribution in [0.25, 0.3) is 0 Å². The summed E-state index contributed by atoms with van der Waals surface area (Å²) >= 11 is 0. The van der Waals surface area contributed by atoms with Crippen LogP contribution in [0.4, 0.5) is 0 Å². The molecule has 2 rings (SSSR count). The second kappa shape index (κ2) is 6.56. The highest BCUT2D eigenvalue weighted by Crippen LogP contribution is 2.25. The van der Waals surface area contributed by atoms with Crippen LogP contribution in [0.3, 0.4) is 0 Å². The van der Waals surface area contributed by atoms with Crippen LogP contribution in [0, 0.1) is 5.92 Å². The Morgan fingerprint density at radius 2 is 2.11 bits per heavy atom. The third-order valence-corrected chi connectivity index (χ3v) is 4.65. The maximum Gasteiger partial charge on any atom is 0.274 e. The predicted molar refractivity (Wildman–Crippen MR) is 71.1 cm³/mol. The molecule has 1 aromatic rings. The SMILES string of the molecule is Cl.NCC1CCCCC1NS(=O)(=O)c1ccco1. The van der Waals surface area contributed by atoms with Gasteiger partial charge in [0.25, 0.3) is 10.0 Å². The number of hydrogen-bond acceptors (Lipinski definition) is 4. The number of sulfonamides is 1. The van der Waals surface area contributed by atoms with E-state index in [4.69, 9.17) is 10.2 Å². The molecular weight excluding hydrogens is 276 g/mol. The Bertz CT molecular complexity index is 447. The van der Waals surface area contributed by atoms with E-state index in [0.29, 0.717) is 6.54 Å². The largest absolute Gasteiger partial charge is 0.452 e. The van der Waals surface area contributed by atoms with Gasteiger partial charge in [-0.15, -0.1) is 12.4 Å². The summed E-state index contributed by atoms with van der Waals surface area (Å²) in [4.78, 5) is 0. The molecule has 0 aliphatic heterocycles. The molecule has 18 heavy (non-hydrogen) atoms. The van der Waals surface area contributed by atoms with E-state index in [-0.39, 0.29) is 29.5 Å². The summed E-state index contributed by atoms with van der Waals surface area (Å²) in [6, 6.07) is 2.95. The molecule has 1 aromatic heterocycles. The number of furan rings is 1. The summed E-state index contributed by atoms with van der Waals surface area (Å²) in [7, 11) is -3.53. The van der Waals surface area contributed by atoms with Crippen molar-refractivity contribution in [2.24, 2.45) is 11.7 Å². The van der Waals surface area contributed by atoms with Crippen LogP contribution in [0.15, 0.2) is 27.9 Å². The van der Waals surface area contributed by atoms with E-state index in [2.05, 4.69) is 4.72 Å². The lowest BCUT2D eigenvalue weighted by Crippen LogP contribution is -2.44. The van der Waals surface area contributed by atoms with Crippen molar-refractivity contribution in [1.29, 1.82) is 0 Å². The Labute approximate surface area is 114 Å². The molecule has 7 heteroatoms. The summed E-state index contributed by atoms with van der Waals surface area (Å²) in [5.41, 5.74) is 5.67. The summed E-state index contributed by atoms with van der Waals surface area (Å²) in [5.74, 6) is 0.230. The minimum Gasteiger partial charge on any atom is -0.452 e. The van der Waals surface area contributed by atoms with Crippen molar-refractivity contribution in [1.82, 2.24) is 4.72 Å². The average molecular weight is 295 g/mol. The Kier molecular flexibility index (Phi) is 5.65. The molecule has 1 saturated carbocycles. The first-order valence-corrected chi connectivity index (χ1v) is 7.37. The van der Waals surface area contributed by atoms with Gasteiger partial charge < -0.3 is 10.2 Å². The number of hydrogen-bond donors (Lipinski definition) is 2. The second-order valence-corrected chi connectivity index (χ2v) is 6.09. The van der Waals surface area contributed by atoms with Crippen molar-refractivity contribution >= 4 is 22.4 Å². The van der Waals surface area contributed by atoms with Gasteiger partial charge in [-0.05, 0) is 37.4 Å². The lowest BCUT2D eigenvalue weighted by molar-refractivity contribution is 0.294. The predicted octanol–water partition coefficient (Wildman–Crippen LogP) is 1.50. The molecule has 2 unspecified atom stereocenters. The van der Waals surface area contributed by atoms with Gasteiger partial charge in [0.1, 0.15) is 0 Å². The zero-order chi connectivity index (χ0) is 12.3. The topological polar surface area (TPSA) is 85.3 Å². The molecule has 0 bridgehead atoms. The molecule has 104 valence electrons. The van der Waals surface area contributed by atoms with Crippen molar-refractivity contribution < 1.29 is 12.8 Å². The van der Waals surface area contributed by atoms with Crippen molar-refractivity contribution in [3.63, 3.8) is 0 Å². The van der Waals surface area contributed by atoms with Crippen LogP contribution in [0.1, 0.15) is 25.7 Å². The van der Waals surface area contributed by atoms with Gasteiger partial charge in [-0.2, -0.15) is 0 Å². The van der Waals surface area contributed by atoms with Gasteiger partial charge in [0.05, 0.1) is 6.26 Å². The van der Waals surface area contributed by atoms with Crippen molar-refractivity contribution in [2.75, 3.05) is 6.54 Å². The van der Waals surface area contributed by atoms with Gasteiger partial charge in [-0.3, -0.25) is 0 Å². The fourth-order valence-corrected chi connectivity index (χ4v) is 3.58. The molecule has 1 heterocycles. The van der Waals surface area contributed by atoms with E-state index < -0.39 is 10.0 Å². The molecule has 0 radical (unpaired) electrons. The Hall–Kier alpha value is -0.560. The highest BCUT2D eigenvalue weighted by atomic mass is 35.5. The van der Waals surface area contributed by atoms with Crippen molar-refractivity contribution in [3.8, 4) is 0 Å². The molecule has 2 atom stereocenters. The van der Waals surface area contributed by atoms with Crippen LogP contribution in [0.2, 0.25) is 0 Å². The number of rotatable bonds is 4. The van der Waals surface area contributed by atoms with Crippen LogP contribution in [-0.4, -0.2) is 21.0 Å². The van der Waals surface area contributed by atoms with Gasteiger partial charge in [-0.25, -0.2) is 13.1 Å². The van der Waals surface area contributed by atoms with Crippen LogP contribution >= 0.6 is 12.4 Å². The van der Waals surface area contributed by atoms with E-state index in [1.54, 1.807) is 6.07 Å². The Morgan fingerprint density at radius 1 is 1.39 bits per heavy atom. The van der Waals surface area contributed by atoms with E-state index in [9.17, 15) is 8.42 Å². The lowest BCUT2D eigenvalue weighted by Gasteiger charge is -2.30. The van der Waals surface area contributed by atoms with E-state index in [1.807, 2.05) is 0 Å². The van der Waals surface area contributed by atoms with E-state index >= 15 is 0 Å². The molecule has 0 saturated heterocycles. The molecule has 0 spiro atoms. The van der Waals surface area contributed by atoms with E-state index in [1.165, 1.54) is 12.3 Å². The summed E-state index contributed by atoms with van der Waals surface area (Å²) in [6.07, 6.45) is 5.36. The zero-order valence-electron chi connectivity index (χ0n) is 10.0. The Morgan fingerprint density at radius 3 is 2.72 bits per heavy atom. The molecule has 1 aliphatic rings. The highest BCUT2D eigenvalue weighted by molar-refractivity contribution is 7.89. The molecule has 1 aliphatic carbocycles. The number of halogens is 1. The molecule has 0 aromatic carbocycles. The summed E-state index contributed by atoms with van der Waals surface area (Å²) < 4.78 is 31.6. The third kappa shape index (κ3) is 3.47. The minimum atomic E-state index is -3.53. The normalized spacial score (nSPS) is 24.5. The smallest absolute Gasteiger partial charge is 0.274 e. The van der Waals surface area contributed by atoms with Crippen LogP contribution < -0.4 is 10.5 Å². The number of nitrogens with one attached hydrogen (secondary N) is 1. The van der Waals surface area contributed by atoms with Gasteiger partial charge in [0.2, 0.25) is 5.09 Å².